The highest BCUT2D eigenvalue weighted by Gasteiger charge is 2.13. The summed E-state index contributed by atoms with van der Waals surface area (Å²) in [6.45, 7) is 5.02. The topological polar surface area (TPSA) is 100 Å². The first-order valence-corrected chi connectivity index (χ1v) is 8.62. The van der Waals surface area contributed by atoms with Gasteiger partial charge in [0.15, 0.2) is 5.78 Å². The van der Waals surface area contributed by atoms with Gasteiger partial charge in [0.05, 0.1) is 6.54 Å². The number of aromatic nitrogens is 1. The minimum absolute atomic E-state index is 0.109. The van der Waals surface area contributed by atoms with E-state index in [2.05, 4.69) is 20.5 Å². The van der Waals surface area contributed by atoms with E-state index in [-0.39, 0.29) is 23.9 Å². The highest BCUT2D eigenvalue weighted by molar-refractivity contribution is 5.98. The van der Waals surface area contributed by atoms with Gasteiger partial charge in [0.2, 0.25) is 0 Å². The van der Waals surface area contributed by atoms with Crippen LogP contribution in [0.15, 0.2) is 18.2 Å². The summed E-state index contributed by atoms with van der Waals surface area (Å²) in [7, 11) is 0. The molecule has 0 aliphatic carbocycles. The average Bonchev–Trinajstić information content (AvgIpc) is 2.64. The zero-order valence-electron chi connectivity index (χ0n) is 14.1. The molecule has 0 bridgehead atoms. The fraction of sp³-hybridized carbons (Fsp3) is 0.588. The molecule has 0 spiro atoms. The molecule has 1 aliphatic rings. The van der Waals surface area contributed by atoms with Crippen LogP contribution < -0.4 is 16.4 Å². The van der Waals surface area contributed by atoms with Gasteiger partial charge in [-0.2, -0.15) is 0 Å². The van der Waals surface area contributed by atoms with Crippen LogP contribution in [-0.4, -0.2) is 67.4 Å². The summed E-state index contributed by atoms with van der Waals surface area (Å²) in [5.74, 6) is -0.421. The van der Waals surface area contributed by atoms with Gasteiger partial charge in [-0.05, 0) is 38.1 Å². The van der Waals surface area contributed by atoms with E-state index in [1.807, 2.05) is 0 Å². The number of nitrogens with zero attached hydrogens (tertiary/aromatic N) is 2. The Morgan fingerprint density at radius 1 is 1.12 bits per heavy atom. The normalized spacial score (nSPS) is 15.2. The number of carbonyl (C=O) groups excluding carboxylic acids is 2. The van der Waals surface area contributed by atoms with E-state index in [4.69, 9.17) is 5.73 Å². The van der Waals surface area contributed by atoms with Crippen molar-refractivity contribution < 1.29 is 9.59 Å². The first-order chi connectivity index (χ1) is 11.7. The molecule has 2 heterocycles. The summed E-state index contributed by atoms with van der Waals surface area (Å²) < 4.78 is 0. The Kier molecular flexibility index (Phi) is 7.81. The summed E-state index contributed by atoms with van der Waals surface area (Å²) in [5.41, 5.74) is 5.90. The number of hydrogen-bond acceptors (Lipinski definition) is 6. The van der Waals surface area contributed by atoms with Crippen molar-refractivity contribution in [3.8, 4) is 0 Å². The van der Waals surface area contributed by atoms with Gasteiger partial charge in [0, 0.05) is 26.2 Å². The SMILES string of the molecule is NCCNC(=O)c1cccc(C(=O)CNCCN2CCCCC2)n1. The molecule has 0 unspecified atom stereocenters. The zero-order valence-corrected chi connectivity index (χ0v) is 14.1. The van der Waals surface area contributed by atoms with Crippen molar-refractivity contribution in [2.75, 3.05) is 45.8 Å². The van der Waals surface area contributed by atoms with Crippen molar-refractivity contribution in [3.05, 3.63) is 29.6 Å². The molecule has 0 saturated carbocycles. The number of carbonyl (C=O) groups is 2. The van der Waals surface area contributed by atoms with E-state index in [9.17, 15) is 9.59 Å². The zero-order chi connectivity index (χ0) is 17.2. The van der Waals surface area contributed by atoms with Gasteiger partial charge in [0.1, 0.15) is 11.4 Å². The van der Waals surface area contributed by atoms with Crippen LogP contribution in [0.5, 0.6) is 0 Å². The number of nitrogens with one attached hydrogen (secondary N) is 2. The summed E-state index contributed by atoms with van der Waals surface area (Å²) in [4.78, 5) is 30.6. The second kappa shape index (κ2) is 10.1. The Hall–Kier alpha value is -1.83. The molecule has 7 heteroatoms. The summed E-state index contributed by atoms with van der Waals surface area (Å²) in [6.07, 6.45) is 3.85. The molecule has 1 aliphatic heterocycles. The Bertz CT molecular complexity index is 544. The van der Waals surface area contributed by atoms with Crippen LogP contribution in [0.2, 0.25) is 0 Å². The molecule has 4 N–H and O–H groups in total. The minimum atomic E-state index is -0.312. The predicted molar refractivity (Wildman–Crippen MR) is 93.1 cm³/mol. The first-order valence-electron chi connectivity index (χ1n) is 8.62. The number of pyridine rings is 1. The number of Topliss-reactive ketones (excluding diaryl/α,β-unsaturated/α-hetero) is 1. The van der Waals surface area contributed by atoms with Crippen LogP contribution in [0.25, 0.3) is 0 Å². The van der Waals surface area contributed by atoms with Gasteiger partial charge in [-0.1, -0.05) is 12.5 Å². The van der Waals surface area contributed by atoms with Gasteiger partial charge in [-0.25, -0.2) is 4.98 Å². The molecule has 7 nitrogen and oxygen atoms in total. The molecule has 2 rings (SSSR count). The van der Waals surface area contributed by atoms with Crippen molar-refractivity contribution in [2.24, 2.45) is 5.73 Å². The Balaban J connectivity index is 1.76. The third kappa shape index (κ3) is 5.99. The van der Waals surface area contributed by atoms with E-state index in [1.165, 1.54) is 19.3 Å². The van der Waals surface area contributed by atoms with Gasteiger partial charge >= 0.3 is 0 Å². The number of nitrogens with two attached hydrogens (primary N) is 1. The number of amides is 1. The van der Waals surface area contributed by atoms with Gasteiger partial charge in [-0.15, -0.1) is 0 Å². The van der Waals surface area contributed by atoms with Crippen LogP contribution in [0.4, 0.5) is 0 Å². The predicted octanol–water partition coefficient (Wildman–Crippen LogP) is 0.0283. The molecule has 24 heavy (non-hydrogen) atoms. The largest absolute Gasteiger partial charge is 0.349 e. The molecule has 1 aromatic heterocycles. The van der Waals surface area contributed by atoms with E-state index >= 15 is 0 Å². The number of piperidine rings is 1. The molecule has 1 aromatic rings. The first kappa shape index (κ1) is 18.5. The third-order valence-corrected chi connectivity index (χ3v) is 4.04. The van der Waals surface area contributed by atoms with Crippen molar-refractivity contribution in [3.63, 3.8) is 0 Å². The smallest absolute Gasteiger partial charge is 0.269 e. The Labute approximate surface area is 143 Å². The quantitative estimate of drug-likeness (QED) is 0.435. The van der Waals surface area contributed by atoms with Gasteiger partial charge < -0.3 is 21.3 Å². The molecule has 1 fully saturated rings. The average molecular weight is 333 g/mol. The van der Waals surface area contributed by atoms with Crippen LogP contribution in [0.3, 0.4) is 0 Å². The standard InChI is InChI=1S/C17H27N5O2/c18-7-8-20-17(24)15-6-4-5-14(21-15)16(23)13-19-9-12-22-10-2-1-3-11-22/h4-6,19H,1-3,7-13,18H2,(H,20,24). The highest BCUT2D eigenvalue weighted by Crippen LogP contribution is 2.07. The van der Waals surface area contributed by atoms with E-state index < -0.39 is 0 Å². The second-order valence-corrected chi connectivity index (χ2v) is 5.95. The molecular formula is C17H27N5O2. The van der Waals surface area contributed by atoms with Crippen LogP contribution >= 0.6 is 0 Å². The number of hydrogen-bond donors (Lipinski definition) is 3. The lowest BCUT2D eigenvalue weighted by Crippen LogP contribution is -2.37. The third-order valence-electron chi connectivity index (χ3n) is 4.04. The molecular weight excluding hydrogens is 306 g/mol. The monoisotopic (exact) mass is 333 g/mol. The van der Waals surface area contributed by atoms with Crippen LogP contribution in [-0.2, 0) is 0 Å². The van der Waals surface area contributed by atoms with E-state index in [1.54, 1.807) is 18.2 Å². The number of likely N-dealkylation sites (tertiary alicyclic amines) is 1. The number of rotatable bonds is 9. The minimum Gasteiger partial charge on any atom is -0.349 e. The highest BCUT2D eigenvalue weighted by atomic mass is 16.2. The number of ketones is 1. The fourth-order valence-corrected chi connectivity index (χ4v) is 2.71. The molecule has 0 radical (unpaired) electrons. The molecule has 0 atom stereocenters. The second-order valence-electron chi connectivity index (χ2n) is 5.95. The van der Waals surface area contributed by atoms with Crippen molar-refractivity contribution in [1.29, 1.82) is 0 Å². The Morgan fingerprint density at radius 3 is 2.62 bits per heavy atom. The summed E-state index contributed by atoms with van der Waals surface area (Å²) in [5, 5.41) is 5.81. The maximum absolute atomic E-state index is 12.2. The van der Waals surface area contributed by atoms with Crippen molar-refractivity contribution >= 4 is 11.7 Å². The van der Waals surface area contributed by atoms with Crippen molar-refractivity contribution in [1.82, 2.24) is 20.5 Å². The van der Waals surface area contributed by atoms with Gasteiger partial charge in [0.25, 0.3) is 5.91 Å². The lowest BCUT2D eigenvalue weighted by atomic mass is 10.1. The van der Waals surface area contributed by atoms with Gasteiger partial charge in [-0.3, -0.25) is 9.59 Å². The Morgan fingerprint density at radius 2 is 1.88 bits per heavy atom. The molecule has 1 amide bonds. The van der Waals surface area contributed by atoms with Crippen LogP contribution in [0.1, 0.15) is 40.2 Å². The molecule has 0 aromatic carbocycles. The lowest BCUT2D eigenvalue weighted by molar-refractivity contribution is 0.0949. The summed E-state index contributed by atoms with van der Waals surface area (Å²) in [6, 6.07) is 4.89. The van der Waals surface area contributed by atoms with Crippen molar-refractivity contribution in [2.45, 2.75) is 19.3 Å². The van der Waals surface area contributed by atoms with Crippen LogP contribution in [0, 0.1) is 0 Å². The molecule has 132 valence electrons. The lowest BCUT2D eigenvalue weighted by Gasteiger charge is -2.26. The summed E-state index contributed by atoms with van der Waals surface area (Å²) >= 11 is 0. The van der Waals surface area contributed by atoms with E-state index in [0.717, 1.165) is 26.2 Å². The fourth-order valence-electron chi connectivity index (χ4n) is 2.71. The van der Waals surface area contributed by atoms with E-state index in [0.29, 0.717) is 18.8 Å². The molecule has 1 saturated heterocycles. The maximum atomic E-state index is 12.2. The maximum Gasteiger partial charge on any atom is 0.269 e.